The van der Waals surface area contributed by atoms with Crippen molar-refractivity contribution in [2.24, 2.45) is 5.73 Å². The lowest BCUT2D eigenvalue weighted by Gasteiger charge is -2.11. The largest absolute Gasteiger partial charge is 0.330 e. The Kier molecular flexibility index (Phi) is 4.23. The molecule has 0 saturated heterocycles. The summed E-state index contributed by atoms with van der Waals surface area (Å²) in [5, 5.41) is 2.24. The molecule has 0 aliphatic carbocycles. The van der Waals surface area contributed by atoms with Gasteiger partial charge in [0.25, 0.3) is 0 Å². The molecule has 0 bridgehead atoms. The summed E-state index contributed by atoms with van der Waals surface area (Å²) in [5.41, 5.74) is 9.30. The number of hydrogen-bond acceptors (Lipinski definition) is 3. The van der Waals surface area contributed by atoms with Crippen LogP contribution in [0.2, 0.25) is 0 Å². The highest BCUT2D eigenvalue weighted by molar-refractivity contribution is 7.99. The molecule has 0 radical (unpaired) electrons. The van der Waals surface area contributed by atoms with Crippen LogP contribution in [0.5, 0.6) is 0 Å². The molecule has 21 heavy (non-hydrogen) atoms. The molecule has 0 aliphatic rings. The first-order chi connectivity index (χ1) is 10.3. The van der Waals surface area contributed by atoms with Crippen molar-refractivity contribution in [1.29, 1.82) is 0 Å². The number of benzene rings is 2. The maximum atomic E-state index is 5.76. The maximum Gasteiger partial charge on any atom is 0.105 e. The average molecular weight is 294 g/mol. The van der Waals surface area contributed by atoms with Gasteiger partial charge in [0.2, 0.25) is 0 Å². The Hall–Kier alpha value is -1.84. The molecule has 0 saturated carbocycles. The molecule has 2 N–H and O–H groups in total. The van der Waals surface area contributed by atoms with Crippen LogP contribution in [-0.2, 0) is 6.42 Å². The molecular weight excluding hydrogens is 276 g/mol. The van der Waals surface area contributed by atoms with Gasteiger partial charge in [-0.1, -0.05) is 48.2 Å². The molecule has 2 aromatic carbocycles. The van der Waals surface area contributed by atoms with E-state index in [9.17, 15) is 0 Å². The number of fused-ring (bicyclic) bond motifs is 1. The number of nitrogens with zero attached hydrogens (tertiary/aromatic N) is 1. The Morgan fingerprint density at radius 1 is 1.05 bits per heavy atom. The topological polar surface area (TPSA) is 38.9 Å². The highest BCUT2D eigenvalue weighted by atomic mass is 32.2. The molecule has 0 atom stereocenters. The van der Waals surface area contributed by atoms with Crippen molar-refractivity contribution in [3.63, 3.8) is 0 Å². The highest BCUT2D eigenvalue weighted by Crippen LogP contribution is 2.33. The Balaban J connectivity index is 2.07. The highest BCUT2D eigenvalue weighted by Gasteiger charge is 2.09. The molecule has 1 aromatic heterocycles. The fraction of sp³-hybridized carbons (Fsp3) is 0.167. The van der Waals surface area contributed by atoms with E-state index in [1.807, 2.05) is 12.1 Å². The van der Waals surface area contributed by atoms with Gasteiger partial charge in [0.05, 0.1) is 5.52 Å². The minimum Gasteiger partial charge on any atom is -0.330 e. The summed E-state index contributed by atoms with van der Waals surface area (Å²) in [5.74, 6) is 0. The fourth-order valence-electron chi connectivity index (χ4n) is 2.34. The summed E-state index contributed by atoms with van der Waals surface area (Å²) < 4.78 is 0. The third kappa shape index (κ3) is 3.09. The molecule has 3 heteroatoms. The van der Waals surface area contributed by atoms with Gasteiger partial charge in [-0.25, -0.2) is 4.98 Å². The van der Waals surface area contributed by atoms with E-state index in [1.54, 1.807) is 11.8 Å². The zero-order valence-electron chi connectivity index (χ0n) is 12.0. The van der Waals surface area contributed by atoms with Crippen molar-refractivity contribution < 1.29 is 0 Å². The third-order valence-corrected chi connectivity index (χ3v) is 4.70. The SMILES string of the molecule is Cc1ccccc1Sc1nc2ccccc2cc1CCN. The molecular formula is C18H18N2S. The average Bonchev–Trinajstić information content (AvgIpc) is 2.50. The van der Waals surface area contributed by atoms with Gasteiger partial charge in [-0.3, -0.25) is 0 Å². The summed E-state index contributed by atoms with van der Waals surface area (Å²) in [6, 6.07) is 18.9. The van der Waals surface area contributed by atoms with E-state index in [4.69, 9.17) is 10.7 Å². The third-order valence-electron chi connectivity index (χ3n) is 3.48. The van der Waals surface area contributed by atoms with Gasteiger partial charge in [-0.05, 0) is 49.2 Å². The van der Waals surface area contributed by atoms with E-state index in [0.717, 1.165) is 17.0 Å². The molecule has 0 spiro atoms. The van der Waals surface area contributed by atoms with Crippen molar-refractivity contribution >= 4 is 22.7 Å². The Bertz CT molecular complexity index is 768. The van der Waals surface area contributed by atoms with E-state index in [2.05, 4.69) is 49.4 Å². The zero-order valence-corrected chi connectivity index (χ0v) is 12.9. The van der Waals surface area contributed by atoms with Crippen molar-refractivity contribution in [2.45, 2.75) is 23.3 Å². The second-order valence-electron chi connectivity index (χ2n) is 5.05. The van der Waals surface area contributed by atoms with Crippen molar-refractivity contribution in [1.82, 2.24) is 4.98 Å². The minimum atomic E-state index is 0.640. The summed E-state index contributed by atoms with van der Waals surface area (Å²) in [7, 11) is 0. The van der Waals surface area contributed by atoms with Gasteiger partial charge in [0, 0.05) is 10.3 Å². The van der Waals surface area contributed by atoms with E-state index in [0.29, 0.717) is 6.54 Å². The molecule has 0 aliphatic heterocycles. The first-order valence-electron chi connectivity index (χ1n) is 7.10. The van der Waals surface area contributed by atoms with Crippen LogP contribution in [-0.4, -0.2) is 11.5 Å². The number of nitrogens with two attached hydrogens (primary N) is 1. The van der Waals surface area contributed by atoms with E-state index < -0.39 is 0 Å². The molecule has 0 unspecified atom stereocenters. The first kappa shape index (κ1) is 14.1. The second-order valence-corrected chi connectivity index (χ2v) is 6.08. The number of hydrogen-bond donors (Lipinski definition) is 1. The monoisotopic (exact) mass is 294 g/mol. The van der Waals surface area contributed by atoms with E-state index >= 15 is 0 Å². The molecule has 0 fully saturated rings. The molecule has 3 rings (SSSR count). The first-order valence-corrected chi connectivity index (χ1v) is 7.92. The second kappa shape index (κ2) is 6.29. The van der Waals surface area contributed by atoms with Gasteiger partial charge >= 0.3 is 0 Å². The smallest absolute Gasteiger partial charge is 0.105 e. The predicted molar refractivity (Wildman–Crippen MR) is 89.8 cm³/mol. The van der Waals surface area contributed by atoms with Crippen LogP contribution in [0.15, 0.2) is 64.5 Å². The zero-order chi connectivity index (χ0) is 14.7. The lowest BCUT2D eigenvalue weighted by Crippen LogP contribution is -2.05. The lowest BCUT2D eigenvalue weighted by molar-refractivity contribution is 0.922. The molecule has 2 nitrogen and oxygen atoms in total. The normalized spacial score (nSPS) is 11.0. The number of aromatic nitrogens is 1. The quantitative estimate of drug-likeness (QED) is 0.784. The van der Waals surface area contributed by atoms with Gasteiger partial charge in [0.15, 0.2) is 0 Å². The predicted octanol–water partition coefficient (Wildman–Crippen LogP) is 4.20. The van der Waals surface area contributed by atoms with Crippen LogP contribution in [0, 0.1) is 6.92 Å². The van der Waals surface area contributed by atoms with Crippen molar-refractivity contribution in [3.05, 3.63) is 65.7 Å². The number of rotatable bonds is 4. The Morgan fingerprint density at radius 3 is 2.62 bits per heavy atom. The van der Waals surface area contributed by atoms with Crippen LogP contribution in [0.1, 0.15) is 11.1 Å². The van der Waals surface area contributed by atoms with Crippen LogP contribution in [0.25, 0.3) is 10.9 Å². The van der Waals surface area contributed by atoms with Gasteiger partial charge < -0.3 is 5.73 Å². The van der Waals surface area contributed by atoms with Crippen LogP contribution >= 0.6 is 11.8 Å². The summed E-state index contributed by atoms with van der Waals surface area (Å²) in [6.45, 7) is 2.77. The van der Waals surface area contributed by atoms with Crippen LogP contribution < -0.4 is 5.73 Å². The molecule has 106 valence electrons. The minimum absolute atomic E-state index is 0.640. The number of aryl methyl sites for hydroxylation is 1. The van der Waals surface area contributed by atoms with Gasteiger partial charge in [-0.15, -0.1) is 0 Å². The standard InChI is InChI=1S/C18H18N2S/c1-13-6-2-5-9-17(13)21-18-15(10-11-19)12-14-7-3-4-8-16(14)20-18/h2-9,12H,10-11,19H2,1H3. The summed E-state index contributed by atoms with van der Waals surface area (Å²) in [6.07, 6.45) is 0.853. The Morgan fingerprint density at radius 2 is 1.81 bits per heavy atom. The Labute approximate surface area is 129 Å². The molecule has 3 aromatic rings. The van der Waals surface area contributed by atoms with Gasteiger partial charge in [-0.2, -0.15) is 0 Å². The molecule has 0 amide bonds. The van der Waals surface area contributed by atoms with E-state index in [-0.39, 0.29) is 0 Å². The van der Waals surface area contributed by atoms with Crippen LogP contribution in [0.3, 0.4) is 0 Å². The molecule has 1 heterocycles. The van der Waals surface area contributed by atoms with Crippen molar-refractivity contribution in [3.8, 4) is 0 Å². The lowest BCUT2D eigenvalue weighted by atomic mass is 10.1. The van der Waals surface area contributed by atoms with Crippen LogP contribution in [0.4, 0.5) is 0 Å². The summed E-state index contributed by atoms with van der Waals surface area (Å²) >= 11 is 1.73. The number of para-hydroxylation sites is 1. The maximum absolute atomic E-state index is 5.76. The van der Waals surface area contributed by atoms with Gasteiger partial charge in [0.1, 0.15) is 5.03 Å². The number of pyridine rings is 1. The van der Waals surface area contributed by atoms with Crippen molar-refractivity contribution in [2.75, 3.05) is 6.54 Å². The van der Waals surface area contributed by atoms with E-state index in [1.165, 1.54) is 21.4 Å². The summed E-state index contributed by atoms with van der Waals surface area (Å²) in [4.78, 5) is 6.09. The fourth-order valence-corrected chi connectivity index (χ4v) is 3.36.